The molecule has 4 rings (SSSR count). The van der Waals surface area contributed by atoms with Crippen molar-refractivity contribution in [2.75, 3.05) is 18.8 Å². The molecule has 6 nitrogen and oxygen atoms in total. The van der Waals surface area contributed by atoms with Crippen LogP contribution in [0.25, 0.3) is 21.7 Å². The summed E-state index contributed by atoms with van der Waals surface area (Å²) in [5, 5.41) is 14.0. The fourth-order valence-electron chi connectivity index (χ4n) is 3.88. The van der Waals surface area contributed by atoms with Gasteiger partial charge in [-0.1, -0.05) is 6.42 Å². The summed E-state index contributed by atoms with van der Waals surface area (Å²) in [6, 6.07) is 6.55. The molecular weight excluding hydrogens is 368 g/mol. The molecule has 144 valence electrons. The Balaban J connectivity index is 1.74. The molecule has 0 bridgehead atoms. The third-order valence-electron chi connectivity index (χ3n) is 5.29. The summed E-state index contributed by atoms with van der Waals surface area (Å²) < 4.78 is 1.74. The van der Waals surface area contributed by atoms with Crippen LogP contribution in [0.4, 0.5) is 5.82 Å². The molecule has 1 aliphatic rings. The number of likely N-dealkylation sites (tertiary alicyclic amines) is 1. The molecule has 4 heterocycles. The van der Waals surface area contributed by atoms with E-state index in [1.807, 2.05) is 20.2 Å². The van der Waals surface area contributed by atoms with E-state index in [0.717, 1.165) is 33.8 Å². The van der Waals surface area contributed by atoms with Crippen LogP contribution in [0, 0.1) is 18.3 Å². The van der Waals surface area contributed by atoms with Gasteiger partial charge >= 0.3 is 0 Å². The van der Waals surface area contributed by atoms with E-state index in [4.69, 9.17) is 5.73 Å². The maximum atomic E-state index is 9.73. The highest BCUT2D eigenvalue weighted by molar-refractivity contribution is 7.15. The summed E-state index contributed by atoms with van der Waals surface area (Å²) in [6.45, 7) is 5.32. The zero-order valence-corrected chi connectivity index (χ0v) is 17.1. The number of thiophene rings is 1. The third-order valence-corrected chi connectivity index (χ3v) is 6.38. The van der Waals surface area contributed by atoms with Crippen LogP contribution in [0.5, 0.6) is 0 Å². The lowest BCUT2D eigenvalue weighted by atomic mass is 9.98. The molecule has 0 amide bonds. The van der Waals surface area contributed by atoms with Crippen LogP contribution in [0.2, 0.25) is 0 Å². The number of hydrogen-bond donors (Lipinski definition) is 1. The lowest BCUT2D eigenvalue weighted by Gasteiger charge is -2.25. The van der Waals surface area contributed by atoms with Gasteiger partial charge in [-0.2, -0.15) is 10.4 Å². The largest absolute Gasteiger partial charge is 0.383 e. The van der Waals surface area contributed by atoms with Crippen LogP contribution in [0.3, 0.4) is 0 Å². The highest BCUT2D eigenvalue weighted by Gasteiger charge is 2.21. The van der Waals surface area contributed by atoms with Gasteiger partial charge in [0.1, 0.15) is 17.5 Å². The van der Waals surface area contributed by atoms with Crippen LogP contribution >= 0.6 is 11.3 Å². The molecule has 0 aliphatic carbocycles. The maximum Gasteiger partial charge on any atom is 0.142 e. The molecule has 0 spiro atoms. The summed E-state index contributed by atoms with van der Waals surface area (Å²) in [7, 11) is 1.87. The summed E-state index contributed by atoms with van der Waals surface area (Å²) in [5.41, 5.74) is 10.2. The van der Waals surface area contributed by atoms with Crippen LogP contribution < -0.4 is 5.73 Å². The first-order valence-corrected chi connectivity index (χ1v) is 10.4. The molecule has 2 N–H and O–H groups in total. The lowest BCUT2D eigenvalue weighted by Crippen LogP contribution is -2.28. The number of nitrogen functional groups attached to an aromatic ring is 1. The highest BCUT2D eigenvalue weighted by atomic mass is 32.1. The Kier molecular flexibility index (Phi) is 5.16. The molecule has 0 radical (unpaired) electrons. The van der Waals surface area contributed by atoms with Gasteiger partial charge in [-0.05, 0) is 50.6 Å². The van der Waals surface area contributed by atoms with Crippen molar-refractivity contribution in [2.24, 2.45) is 7.05 Å². The van der Waals surface area contributed by atoms with Crippen molar-refractivity contribution in [1.29, 1.82) is 5.26 Å². The number of pyridine rings is 1. The standard InChI is InChI=1S/C21H24N6S/c1-14-19(18-7-6-16(28-18)13-27-8-4-3-5-9-27)17(10-22)21(23)25-20(14)15-11-24-26(2)12-15/h6-7,11-12H,3-5,8-9,13H2,1-2H3,(H2,23,25). The van der Waals surface area contributed by atoms with Crippen molar-refractivity contribution < 1.29 is 0 Å². The molecule has 1 aliphatic heterocycles. The number of rotatable bonds is 4. The van der Waals surface area contributed by atoms with E-state index in [9.17, 15) is 5.26 Å². The third kappa shape index (κ3) is 3.53. The van der Waals surface area contributed by atoms with E-state index < -0.39 is 0 Å². The van der Waals surface area contributed by atoms with Crippen LogP contribution in [0.15, 0.2) is 24.5 Å². The first kappa shape index (κ1) is 18.7. The van der Waals surface area contributed by atoms with Gasteiger partial charge in [-0.3, -0.25) is 9.58 Å². The summed E-state index contributed by atoms with van der Waals surface area (Å²) in [6.07, 6.45) is 7.60. The second kappa shape index (κ2) is 7.74. The van der Waals surface area contributed by atoms with Gasteiger partial charge in [0.05, 0.1) is 11.9 Å². The normalized spacial score (nSPS) is 14.9. The summed E-state index contributed by atoms with van der Waals surface area (Å²) in [4.78, 5) is 9.41. The topological polar surface area (TPSA) is 83.8 Å². The monoisotopic (exact) mass is 392 g/mol. The number of nitrogens with zero attached hydrogens (tertiary/aromatic N) is 5. The molecule has 0 atom stereocenters. The number of hydrogen-bond acceptors (Lipinski definition) is 6. The van der Waals surface area contributed by atoms with Crippen LogP contribution in [0.1, 0.15) is 35.3 Å². The van der Waals surface area contributed by atoms with Crippen molar-refractivity contribution in [2.45, 2.75) is 32.7 Å². The van der Waals surface area contributed by atoms with E-state index >= 15 is 0 Å². The second-order valence-corrected chi connectivity index (χ2v) is 8.51. The zero-order valence-electron chi connectivity index (χ0n) is 16.3. The summed E-state index contributed by atoms with van der Waals surface area (Å²) >= 11 is 1.74. The van der Waals surface area contributed by atoms with Crippen LogP contribution in [-0.4, -0.2) is 32.8 Å². The SMILES string of the molecule is Cc1c(-c2cnn(C)c2)nc(N)c(C#N)c1-c1ccc(CN2CCCCC2)s1. The first-order chi connectivity index (χ1) is 13.6. The fourth-order valence-corrected chi connectivity index (χ4v) is 5.03. The number of nitrogens with two attached hydrogens (primary N) is 1. The quantitative estimate of drug-likeness (QED) is 0.726. The number of anilines is 1. The second-order valence-electron chi connectivity index (χ2n) is 7.34. The molecule has 0 aromatic carbocycles. The van der Waals surface area contributed by atoms with E-state index in [-0.39, 0.29) is 5.82 Å². The molecule has 28 heavy (non-hydrogen) atoms. The molecule has 3 aromatic rings. The minimum Gasteiger partial charge on any atom is -0.383 e. The van der Waals surface area contributed by atoms with Crippen molar-refractivity contribution in [3.63, 3.8) is 0 Å². The number of nitriles is 1. The van der Waals surface area contributed by atoms with Crippen molar-refractivity contribution in [1.82, 2.24) is 19.7 Å². The minimum absolute atomic E-state index is 0.271. The minimum atomic E-state index is 0.271. The number of aromatic nitrogens is 3. The Hall–Kier alpha value is -2.69. The van der Waals surface area contributed by atoms with Crippen molar-refractivity contribution in [3.8, 4) is 27.8 Å². The van der Waals surface area contributed by atoms with E-state index in [2.05, 4.69) is 33.2 Å². The first-order valence-electron chi connectivity index (χ1n) is 9.57. The van der Waals surface area contributed by atoms with Gasteiger partial charge in [0.15, 0.2) is 0 Å². The Morgan fingerprint density at radius 3 is 2.71 bits per heavy atom. The average molecular weight is 393 g/mol. The predicted molar refractivity (Wildman–Crippen MR) is 113 cm³/mol. The van der Waals surface area contributed by atoms with Gasteiger partial charge in [0.2, 0.25) is 0 Å². The highest BCUT2D eigenvalue weighted by Crippen LogP contribution is 2.39. The van der Waals surface area contributed by atoms with Gasteiger partial charge in [0, 0.05) is 40.7 Å². The molecule has 7 heteroatoms. The fraction of sp³-hybridized carbons (Fsp3) is 0.381. The molecule has 1 saturated heterocycles. The van der Waals surface area contributed by atoms with Gasteiger partial charge < -0.3 is 5.73 Å². The van der Waals surface area contributed by atoms with E-state index in [1.54, 1.807) is 22.2 Å². The number of aryl methyl sites for hydroxylation is 1. The molecule has 1 fully saturated rings. The van der Waals surface area contributed by atoms with Crippen molar-refractivity contribution >= 4 is 17.2 Å². The maximum absolute atomic E-state index is 9.73. The van der Waals surface area contributed by atoms with Crippen molar-refractivity contribution in [3.05, 3.63) is 40.5 Å². The average Bonchev–Trinajstić information content (AvgIpc) is 3.33. The summed E-state index contributed by atoms with van der Waals surface area (Å²) in [5.74, 6) is 0.271. The number of piperidine rings is 1. The van der Waals surface area contributed by atoms with E-state index in [1.165, 1.54) is 37.2 Å². The molecular formula is C21H24N6S. The van der Waals surface area contributed by atoms with E-state index in [0.29, 0.717) is 5.56 Å². The van der Waals surface area contributed by atoms with Crippen LogP contribution in [-0.2, 0) is 13.6 Å². The Labute approximate surface area is 169 Å². The molecule has 0 saturated carbocycles. The van der Waals surface area contributed by atoms with Gasteiger partial charge in [0.25, 0.3) is 0 Å². The Bertz CT molecular complexity index is 1040. The Morgan fingerprint density at radius 2 is 2.04 bits per heavy atom. The lowest BCUT2D eigenvalue weighted by molar-refractivity contribution is 0.222. The van der Waals surface area contributed by atoms with Gasteiger partial charge in [-0.25, -0.2) is 4.98 Å². The molecule has 3 aromatic heterocycles. The molecule has 0 unspecified atom stereocenters. The Morgan fingerprint density at radius 1 is 1.25 bits per heavy atom. The predicted octanol–water partition coefficient (Wildman–Crippen LogP) is 3.96. The van der Waals surface area contributed by atoms with Gasteiger partial charge in [-0.15, -0.1) is 11.3 Å². The smallest absolute Gasteiger partial charge is 0.142 e. The zero-order chi connectivity index (χ0) is 19.7.